The average Bonchev–Trinajstić information content (AvgIpc) is 3.49. The van der Waals surface area contributed by atoms with Crippen LogP contribution < -0.4 is 32.3 Å². The number of nitrogens with zero attached hydrogens (tertiary/aromatic N) is 5. The van der Waals surface area contributed by atoms with Crippen molar-refractivity contribution in [1.82, 2.24) is 30.6 Å². The third-order valence-corrected chi connectivity index (χ3v) is 6.93. The van der Waals surface area contributed by atoms with Crippen LogP contribution in [-0.2, 0) is 0 Å². The number of hydrogen-bond donors (Lipinski definition) is 6. The number of rotatable bonds is 6. The zero-order valence-corrected chi connectivity index (χ0v) is 22.0. The first kappa shape index (κ1) is 25.3. The minimum atomic E-state index is -0.386. The topological polar surface area (TPSA) is 184 Å². The van der Waals surface area contributed by atoms with Gasteiger partial charge < -0.3 is 37.7 Å². The van der Waals surface area contributed by atoms with Gasteiger partial charge in [0.2, 0.25) is 5.95 Å². The minimum Gasteiger partial charge on any atom is -0.385 e. The largest absolute Gasteiger partial charge is 0.385 e. The molecule has 5 rings (SSSR count). The molecule has 2 aliphatic heterocycles. The molecular weight excluding hydrogens is 482 g/mol. The number of benzene rings is 1. The van der Waals surface area contributed by atoms with Crippen LogP contribution in [0.4, 0.5) is 23.3 Å². The Morgan fingerprint density at radius 2 is 2.03 bits per heavy atom. The SMILES string of the molecule is Cc1ccc(C(=O)N/C(N)=C/C(=N)C(C)(C)C)cc1Nc1ncnc2c(N)nc(N3C[C@@H]4C[C@H]3CN4)nc12. The molecule has 8 N–H and O–H groups in total. The first-order chi connectivity index (χ1) is 18.0. The van der Waals surface area contributed by atoms with Gasteiger partial charge in [-0.1, -0.05) is 26.8 Å². The summed E-state index contributed by atoms with van der Waals surface area (Å²) in [5.74, 6) is 1.04. The van der Waals surface area contributed by atoms with Crippen molar-refractivity contribution in [2.24, 2.45) is 11.1 Å². The Bertz CT molecular complexity index is 1460. The molecule has 1 aromatic carbocycles. The van der Waals surface area contributed by atoms with E-state index in [1.165, 1.54) is 12.4 Å². The molecule has 0 aliphatic carbocycles. The van der Waals surface area contributed by atoms with Gasteiger partial charge in [0, 0.05) is 47.6 Å². The number of nitrogens with two attached hydrogens (primary N) is 2. The Balaban J connectivity index is 1.42. The first-order valence-corrected chi connectivity index (χ1v) is 12.5. The maximum atomic E-state index is 12.9. The van der Waals surface area contributed by atoms with Crippen LogP contribution in [0.3, 0.4) is 0 Å². The highest BCUT2D eigenvalue weighted by molar-refractivity contribution is 6.00. The third-order valence-electron chi connectivity index (χ3n) is 6.93. The zero-order valence-electron chi connectivity index (χ0n) is 22.0. The lowest BCUT2D eigenvalue weighted by Crippen LogP contribution is -2.44. The molecule has 2 atom stereocenters. The van der Waals surface area contributed by atoms with Crippen molar-refractivity contribution < 1.29 is 4.79 Å². The third kappa shape index (κ3) is 4.94. The second-order valence-corrected chi connectivity index (χ2v) is 10.8. The fourth-order valence-electron chi connectivity index (χ4n) is 4.62. The number of allylic oxidation sites excluding steroid dienone is 1. The van der Waals surface area contributed by atoms with Crippen LogP contribution in [0, 0.1) is 17.7 Å². The second-order valence-electron chi connectivity index (χ2n) is 10.8. The smallest absolute Gasteiger partial charge is 0.256 e. The molecule has 0 spiro atoms. The Morgan fingerprint density at radius 3 is 2.71 bits per heavy atom. The number of amides is 1. The summed E-state index contributed by atoms with van der Waals surface area (Å²) < 4.78 is 0. The highest BCUT2D eigenvalue weighted by atomic mass is 16.1. The Morgan fingerprint density at radius 1 is 1.24 bits per heavy atom. The number of fused-ring (bicyclic) bond motifs is 3. The number of anilines is 4. The van der Waals surface area contributed by atoms with Crippen molar-refractivity contribution in [1.29, 1.82) is 5.41 Å². The van der Waals surface area contributed by atoms with Crippen LogP contribution in [-0.4, -0.2) is 56.7 Å². The van der Waals surface area contributed by atoms with Crippen molar-refractivity contribution in [3.05, 3.63) is 47.6 Å². The maximum absolute atomic E-state index is 12.9. The van der Waals surface area contributed by atoms with Crippen molar-refractivity contribution in [2.45, 2.75) is 46.2 Å². The number of hydrogen-bond acceptors (Lipinski definition) is 11. The van der Waals surface area contributed by atoms with E-state index in [1.807, 2.05) is 33.8 Å². The van der Waals surface area contributed by atoms with Crippen molar-refractivity contribution in [3.63, 3.8) is 0 Å². The quantitative estimate of drug-likeness (QED) is 0.266. The molecule has 0 unspecified atom stereocenters. The number of carbonyl (C=O) groups excluding carboxylic acids is 1. The summed E-state index contributed by atoms with van der Waals surface area (Å²) in [5.41, 5.74) is 15.1. The highest BCUT2D eigenvalue weighted by Crippen LogP contribution is 2.32. The van der Waals surface area contributed by atoms with E-state index < -0.39 is 0 Å². The number of piperazine rings is 1. The van der Waals surface area contributed by atoms with E-state index >= 15 is 0 Å². The summed E-state index contributed by atoms with van der Waals surface area (Å²) in [6.07, 6.45) is 3.93. The van der Waals surface area contributed by atoms with Crippen molar-refractivity contribution in [2.75, 3.05) is 29.0 Å². The number of aromatic nitrogens is 4. The van der Waals surface area contributed by atoms with Gasteiger partial charge in [0.25, 0.3) is 5.91 Å². The summed E-state index contributed by atoms with van der Waals surface area (Å²) >= 11 is 0. The van der Waals surface area contributed by atoms with Gasteiger partial charge in [0.1, 0.15) is 23.2 Å². The normalized spacial score (nSPS) is 19.2. The van der Waals surface area contributed by atoms with Gasteiger partial charge in [0.15, 0.2) is 11.6 Å². The molecule has 198 valence electrons. The number of aryl methyl sites for hydroxylation is 1. The summed E-state index contributed by atoms with van der Waals surface area (Å²) in [5, 5.41) is 17.6. The molecule has 2 aliphatic rings. The zero-order chi connectivity index (χ0) is 27.2. The van der Waals surface area contributed by atoms with Crippen LogP contribution >= 0.6 is 0 Å². The van der Waals surface area contributed by atoms with E-state index in [-0.39, 0.29) is 17.1 Å². The molecule has 4 heterocycles. The minimum absolute atomic E-state index is 0.109. The predicted octanol–water partition coefficient (Wildman–Crippen LogP) is 2.20. The first-order valence-electron chi connectivity index (χ1n) is 12.5. The summed E-state index contributed by atoms with van der Waals surface area (Å²) in [6, 6.07) is 6.04. The van der Waals surface area contributed by atoms with Crippen LogP contribution in [0.1, 0.15) is 43.1 Å². The lowest BCUT2D eigenvalue weighted by molar-refractivity contribution is 0.0965. The van der Waals surface area contributed by atoms with Crippen LogP contribution in [0.25, 0.3) is 11.0 Å². The molecule has 0 radical (unpaired) electrons. The molecule has 3 aromatic rings. The number of nitrogens with one attached hydrogen (secondary N) is 4. The average molecular weight is 516 g/mol. The van der Waals surface area contributed by atoms with Gasteiger partial charge in [-0.05, 0) is 37.1 Å². The summed E-state index contributed by atoms with van der Waals surface area (Å²) in [6.45, 7) is 9.37. The van der Waals surface area contributed by atoms with E-state index in [0.717, 1.165) is 25.1 Å². The van der Waals surface area contributed by atoms with E-state index in [9.17, 15) is 4.79 Å². The molecule has 2 saturated heterocycles. The van der Waals surface area contributed by atoms with E-state index in [2.05, 4.69) is 35.8 Å². The molecule has 2 fully saturated rings. The summed E-state index contributed by atoms with van der Waals surface area (Å²) in [7, 11) is 0. The van der Waals surface area contributed by atoms with Crippen LogP contribution in [0.2, 0.25) is 0 Å². The summed E-state index contributed by atoms with van der Waals surface area (Å²) in [4.78, 5) is 33.2. The highest BCUT2D eigenvalue weighted by Gasteiger charge is 2.39. The molecule has 1 amide bonds. The Kier molecular flexibility index (Phi) is 6.35. The van der Waals surface area contributed by atoms with E-state index in [1.54, 1.807) is 12.1 Å². The molecular formula is C26H33N11O. The van der Waals surface area contributed by atoms with E-state index in [0.29, 0.717) is 57.7 Å². The van der Waals surface area contributed by atoms with Gasteiger partial charge >= 0.3 is 0 Å². The molecule has 2 bridgehead atoms. The lowest BCUT2D eigenvalue weighted by Gasteiger charge is -2.27. The Hall–Kier alpha value is -4.32. The fraction of sp³-hybridized carbons (Fsp3) is 0.385. The molecule has 0 saturated carbocycles. The van der Waals surface area contributed by atoms with Gasteiger partial charge in [-0.25, -0.2) is 15.0 Å². The monoisotopic (exact) mass is 515 g/mol. The predicted molar refractivity (Wildman–Crippen MR) is 148 cm³/mol. The van der Waals surface area contributed by atoms with Gasteiger partial charge in [-0.3, -0.25) is 4.79 Å². The molecule has 12 nitrogen and oxygen atoms in total. The number of carbonyl (C=O) groups is 1. The second kappa shape index (κ2) is 9.53. The standard InChI is InChI=1S/C26H33N11O/c1-13-5-6-14(24(38)34-19(28)9-18(27)26(2,3)4)7-17(13)33-23-21-20(31-12-32-23)22(29)36-25(35-21)37-11-15-8-16(37)10-30-15/h5-7,9,12,15-16,27,30H,8,10-11,28H2,1-4H3,(H,34,38)(H2,29,35,36)(H,31,32,33)/b19-9+,27-18?/t15-,16-/m0/s1. The maximum Gasteiger partial charge on any atom is 0.256 e. The van der Waals surface area contributed by atoms with Crippen molar-refractivity contribution >= 4 is 45.9 Å². The van der Waals surface area contributed by atoms with E-state index in [4.69, 9.17) is 21.9 Å². The van der Waals surface area contributed by atoms with Crippen LogP contribution in [0.5, 0.6) is 0 Å². The number of nitrogen functional groups attached to an aromatic ring is 1. The molecule has 2 aromatic heterocycles. The van der Waals surface area contributed by atoms with Gasteiger partial charge in [0.05, 0.1) is 0 Å². The van der Waals surface area contributed by atoms with Gasteiger partial charge in [-0.2, -0.15) is 4.98 Å². The van der Waals surface area contributed by atoms with Crippen LogP contribution in [0.15, 0.2) is 36.4 Å². The molecule has 12 heteroatoms. The Labute approximate surface area is 220 Å². The van der Waals surface area contributed by atoms with Crippen molar-refractivity contribution in [3.8, 4) is 0 Å². The lowest BCUT2D eigenvalue weighted by atomic mass is 9.90. The molecule has 38 heavy (non-hydrogen) atoms. The fourth-order valence-corrected chi connectivity index (χ4v) is 4.62. The van der Waals surface area contributed by atoms with Gasteiger partial charge in [-0.15, -0.1) is 0 Å².